The summed E-state index contributed by atoms with van der Waals surface area (Å²) in [6, 6.07) is 15.7. The average molecular weight is 350 g/mol. The van der Waals surface area contributed by atoms with Gasteiger partial charge in [-0.05, 0) is 49.2 Å². The van der Waals surface area contributed by atoms with Gasteiger partial charge in [-0.1, -0.05) is 36.4 Å². The van der Waals surface area contributed by atoms with Gasteiger partial charge < -0.3 is 15.1 Å². The second kappa shape index (κ2) is 7.44. The van der Waals surface area contributed by atoms with Crippen LogP contribution in [-0.4, -0.2) is 18.4 Å². The Morgan fingerprint density at radius 3 is 2.46 bits per heavy atom. The number of hydrogen-bond donors (Lipinski definition) is 2. The average Bonchev–Trinajstić information content (AvgIpc) is 2.97. The van der Waals surface area contributed by atoms with Gasteiger partial charge in [-0.2, -0.15) is 0 Å². The van der Waals surface area contributed by atoms with E-state index in [1.807, 2.05) is 37.3 Å². The molecule has 5 nitrogen and oxygen atoms in total. The molecule has 0 saturated heterocycles. The van der Waals surface area contributed by atoms with E-state index in [4.69, 9.17) is 4.42 Å². The summed E-state index contributed by atoms with van der Waals surface area (Å²) in [6.45, 7) is 5.35. The Morgan fingerprint density at radius 2 is 1.77 bits per heavy atom. The van der Waals surface area contributed by atoms with Gasteiger partial charge in [-0.25, -0.2) is 0 Å². The number of carbonyl (C=O) groups is 2. The normalized spacial score (nSPS) is 12.0. The predicted molar refractivity (Wildman–Crippen MR) is 101 cm³/mol. The quantitative estimate of drug-likeness (QED) is 0.738. The Bertz CT molecular complexity index is 959. The predicted octanol–water partition coefficient (Wildman–Crippen LogP) is 3.66. The first-order chi connectivity index (χ1) is 12.4. The lowest BCUT2D eigenvalue weighted by Crippen LogP contribution is -2.38. The lowest BCUT2D eigenvalue weighted by molar-refractivity contribution is -0.120. The molecule has 0 radical (unpaired) electrons. The molecular formula is C21H22N2O3. The molecule has 0 bridgehead atoms. The zero-order valence-corrected chi connectivity index (χ0v) is 15.1. The van der Waals surface area contributed by atoms with Crippen LogP contribution >= 0.6 is 0 Å². The number of nitrogens with one attached hydrogen (secondary N) is 2. The van der Waals surface area contributed by atoms with Crippen LogP contribution in [0.1, 0.15) is 40.4 Å². The molecule has 5 heteroatoms. The van der Waals surface area contributed by atoms with Gasteiger partial charge in [-0.15, -0.1) is 0 Å². The molecule has 2 amide bonds. The third-order valence-electron chi connectivity index (χ3n) is 4.35. The van der Waals surface area contributed by atoms with Crippen LogP contribution in [0, 0.1) is 13.8 Å². The molecule has 2 N–H and O–H groups in total. The lowest BCUT2D eigenvalue weighted by Gasteiger charge is -2.15. The largest absolute Gasteiger partial charge is 0.466 e. The molecule has 0 aliphatic rings. The SMILES string of the molecule is Cc1cc(C(=O)NCC(=O)NC(C)c2ccc3ccccc3c2)c(C)o1. The summed E-state index contributed by atoms with van der Waals surface area (Å²) >= 11 is 0. The molecule has 26 heavy (non-hydrogen) atoms. The van der Waals surface area contributed by atoms with Crippen molar-refractivity contribution in [2.45, 2.75) is 26.8 Å². The van der Waals surface area contributed by atoms with E-state index < -0.39 is 0 Å². The second-order valence-corrected chi connectivity index (χ2v) is 6.41. The van der Waals surface area contributed by atoms with Gasteiger partial charge in [0, 0.05) is 0 Å². The molecule has 0 saturated carbocycles. The van der Waals surface area contributed by atoms with Gasteiger partial charge >= 0.3 is 0 Å². The Morgan fingerprint density at radius 1 is 1.04 bits per heavy atom. The van der Waals surface area contributed by atoms with Crippen molar-refractivity contribution >= 4 is 22.6 Å². The number of amides is 2. The Kier molecular flexibility index (Phi) is 5.07. The summed E-state index contributed by atoms with van der Waals surface area (Å²) in [7, 11) is 0. The third-order valence-corrected chi connectivity index (χ3v) is 4.35. The van der Waals surface area contributed by atoms with E-state index in [0.717, 1.165) is 16.3 Å². The zero-order valence-electron chi connectivity index (χ0n) is 15.1. The molecule has 1 aromatic heterocycles. The van der Waals surface area contributed by atoms with Crippen molar-refractivity contribution in [2.24, 2.45) is 0 Å². The molecule has 0 aliphatic heterocycles. The van der Waals surface area contributed by atoms with Crippen LogP contribution in [0.5, 0.6) is 0 Å². The molecular weight excluding hydrogens is 328 g/mol. The van der Waals surface area contributed by atoms with Crippen LogP contribution in [0.25, 0.3) is 10.8 Å². The first kappa shape index (κ1) is 17.7. The number of benzene rings is 2. The summed E-state index contributed by atoms with van der Waals surface area (Å²) < 4.78 is 5.34. The Labute approximate surface area is 152 Å². The molecule has 3 aromatic rings. The topological polar surface area (TPSA) is 71.3 Å². The third kappa shape index (κ3) is 3.94. The van der Waals surface area contributed by atoms with Crippen LogP contribution in [0.2, 0.25) is 0 Å². The molecule has 1 heterocycles. The van der Waals surface area contributed by atoms with E-state index >= 15 is 0 Å². The van der Waals surface area contributed by atoms with Gasteiger partial charge in [-0.3, -0.25) is 9.59 Å². The molecule has 3 rings (SSSR count). The minimum absolute atomic E-state index is 0.0829. The van der Waals surface area contributed by atoms with E-state index in [1.54, 1.807) is 19.9 Å². The standard InChI is InChI=1S/C21H22N2O3/c1-13-10-19(15(3)26-13)21(25)22-12-20(24)23-14(2)17-9-8-16-6-4-5-7-18(16)11-17/h4-11,14H,12H2,1-3H3,(H,22,25)(H,23,24). The van der Waals surface area contributed by atoms with Crippen molar-refractivity contribution in [3.05, 3.63) is 71.2 Å². The summed E-state index contributed by atoms with van der Waals surface area (Å²) in [5.74, 6) is 0.664. The summed E-state index contributed by atoms with van der Waals surface area (Å²) in [5.41, 5.74) is 1.47. The minimum atomic E-state index is -0.312. The Balaban J connectivity index is 1.58. The smallest absolute Gasteiger partial charge is 0.255 e. The van der Waals surface area contributed by atoms with Crippen molar-refractivity contribution in [3.63, 3.8) is 0 Å². The van der Waals surface area contributed by atoms with Crippen LogP contribution in [0.3, 0.4) is 0 Å². The summed E-state index contributed by atoms with van der Waals surface area (Å²) in [4.78, 5) is 24.3. The van der Waals surface area contributed by atoms with Crippen LogP contribution in [-0.2, 0) is 4.79 Å². The fourth-order valence-corrected chi connectivity index (χ4v) is 2.97. The number of fused-ring (bicyclic) bond motifs is 1. The highest BCUT2D eigenvalue weighted by atomic mass is 16.3. The number of carbonyl (C=O) groups excluding carboxylic acids is 2. The fourth-order valence-electron chi connectivity index (χ4n) is 2.97. The molecule has 2 aromatic carbocycles. The highest BCUT2D eigenvalue weighted by molar-refractivity contribution is 5.97. The van der Waals surface area contributed by atoms with E-state index in [1.165, 1.54) is 0 Å². The summed E-state index contributed by atoms with van der Waals surface area (Å²) in [6.07, 6.45) is 0. The number of furan rings is 1. The number of rotatable bonds is 5. The van der Waals surface area contributed by atoms with Gasteiger partial charge in [0.2, 0.25) is 5.91 Å². The van der Waals surface area contributed by atoms with Gasteiger partial charge in [0.25, 0.3) is 5.91 Å². The number of aryl methyl sites for hydroxylation is 2. The minimum Gasteiger partial charge on any atom is -0.466 e. The lowest BCUT2D eigenvalue weighted by atomic mass is 10.0. The maximum atomic E-state index is 12.2. The second-order valence-electron chi connectivity index (χ2n) is 6.41. The monoisotopic (exact) mass is 350 g/mol. The molecule has 134 valence electrons. The molecule has 0 fully saturated rings. The van der Waals surface area contributed by atoms with E-state index in [2.05, 4.69) is 22.8 Å². The molecule has 0 spiro atoms. The van der Waals surface area contributed by atoms with Crippen LogP contribution in [0.15, 0.2) is 52.9 Å². The highest BCUT2D eigenvalue weighted by Crippen LogP contribution is 2.20. The summed E-state index contributed by atoms with van der Waals surface area (Å²) in [5, 5.41) is 7.83. The highest BCUT2D eigenvalue weighted by Gasteiger charge is 2.15. The van der Waals surface area contributed by atoms with Gasteiger partial charge in [0.15, 0.2) is 0 Å². The number of hydrogen-bond acceptors (Lipinski definition) is 3. The maximum absolute atomic E-state index is 12.2. The van der Waals surface area contributed by atoms with Crippen molar-refractivity contribution in [2.75, 3.05) is 6.54 Å². The van der Waals surface area contributed by atoms with Crippen molar-refractivity contribution in [1.82, 2.24) is 10.6 Å². The van der Waals surface area contributed by atoms with Crippen molar-refractivity contribution < 1.29 is 14.0 Å². The van der Waals surface area contributed by atoms with Crippen molar-refractivity contribution in [3.8, 4) is 0 Å². The molecule has 1 atom stereocenters. The van der Waals surface area contributed by atoms with E-state index in [9.17, 15) is 9.59 Å². The van der Waals surface area contributed by atoms with E-state index in [0.29, 0.717) is 17.1 Å². The van der Waals surface area contributed by atoms with Crippen LogP contribution in [0.4, 0.5) is 0 Å². The first-order valence-corrected chi connectivity index (χ1v) is 8.57. The van der Waals surface area contributed by atoms with Gasteiger partial charge in [0.1, 0.15) is 11.5 Å². The Hall–Kier alpha value is -3.08. The van der Waals surface area contributed by atoms with Crippen LogP contribution < -0.4 is 10.6 Å². The van der Waals surface area contributed by atoms with Crippen molar-refractivity contribution in [1.29, 1.82) is 0 Å². The zero-order chi connectivity index (χ0) is 18.7. The molecule has 1 unspecified atom stereocenters. The fraction of sp³-hybridized carbons (Fsp3) is 0.238. The molecule has 0 aliphatic carbocycles. The van der Waals surface area contributed by atoms with E-state index in [-0.39, 0.29) is 24.4 Å². The first-order valence-electron chi connectivity index (χ1n) is 8.57. The maximum Gasteiger partial charge on any atom is 0.255 e. The van der Waals surface area contributed by atoms with Gasteiger partial charge in [0.05, 0.1) is 18.2 Å².